The largest absolute Gasteiger partial charge is 0.379 e. The van der Waals surface area contributed by atoms with Crippen molar-refractivity contribution in [1.29, 1.82) is 0 Å². The van der Waals surface area contributed by atoms with Crippen molar-refractivity contribution in [3.8, 4) is 0 Å². The van der Waals surface area contributed by atoms with E-state index >= 15 is 0 Å². The van der Waals surface area contributed by atoms with Gasteiger partial charge in [-0.2, -0.15) is 0 Å². The summed E-state index contributed by atoms with van der Waals surface area (Å²) in [6, 6.07) is 2.47. The second kappa shape index (κ2) is 5.93. The molecule has 0 aliphatic carbocycles. The Labute approximate surface area is 116 Å². The van der Waals surface area contributed by atoms with Crippen molar-refractivity contribution >= 4 is 43.2 Å². The monoisotopic (exact) mass is 368 g/mol. The molecule has 0 radical (unpaired) electrons. The highest BCUT2D eigenvalue weighted by Crippen LogP contribution is 2.37. The molecular formula is C10H14Br2N2OS. The summed E-state index contributed by atoms with van der Waals surface area (Å²) in [5.41, 5.74) is 5.89. The fourth-order valence-electron chi connectivity index (χ4n) is 1.86. The van der Waals surface area contributed by atoms with Gasteiger partial charge in [0.2, 0.25) is 0 Å². The third kappa shape index (κ3) is 2.86. The van der Waals surface area contributed by atoms with E-state index in [0.717, 1.165) is 34.6 Å². The van der Waals surface area contributed by atoms with Gasteiger partial charge in [-0.25, -0.2) is 0 Å². The minimum Gasteiger partial charge on any atom is -0.379 e. The van der Waals surface area contributed by atoms with E-state index in [4.69, 9.17) is 10.5 Å². The Balaban J connectivity index is 2.14. The first-order valence-electron chi connectivity index (χ1n) is 5.19. The number of thiophene rings is 1. The van der Waals surface area contributed by atoms with Gasteiger partial charge < -0.3 is 10.5 Å². The molecule has 0 aromatic carbocycles. The van der Waals surface area contributed by atoms with E-state index in [1.54, 1.807) is 11.3 Å². The number of nitrogens with two attached hydrogens (primary N) is 1. The quantitative estimate of drug-likeness (QED) is 0.889. The number of nitrogens with zero attached hydrogens (tertiary/aromatic N) is 1. The Hall–Kier alpha value is 0.540. The number of hydrogen-bond acceptors (Lipinski definition) is 4. The zero-order chi connectivity index (χ0) is 11.5. The molecule has 6 heteroatoms. The molecule has 2 N–H and O–H groups in total. The summed E-state index contributed by atoms with van der Waals surface area (Å²) in [4.78, 5) is 3.71. The molecule has 1 atom stereocenters. The van der Waals surface area contributed by atoms with Crippen molar-refractivity contribution in [3.63, 3.8) is 0 Å². The van der Waals surface area contributed by atoms with Crippen LogP contribution < -0.4 is 5.73 Å². The van der Waals surface area contributed by atoms with Gasteiger partial charge in [0.05, 0.1) is 23.0 Å². The van der Waals surface area contributed by atoms with E-state index in [1.807, 2.05) is 0 Å². The first-order chi connectivity index (χ1) is 7.72. The summed E-state index contributed by atoms with van der Waals surface area (Å²) in [6.45, 7) is 4.21. The van der Waals surface area contributed by atoms with Gasteiger partial charge in [-0.05, 0) is 37.9 Å². The molecule has 0 amide bonds. The van der Waals surface area contributed by atoms with Crippen LogP contribution in [0.2, 0.25) is 0 Å². The van der Waals surface area contributed by atoms with Crippen LogP contribution in [0.25, 0.3) is 0 Å². The molecule has 1 aliphatic heterocycles. The van der Waals surface area contributed by atoms with Crippen molar-refractivity contribution in [2.45, 2.75) is 6.04 Å². The summed E-state index contributed by atoms with van der Waals surface area (Å²) < 4.78 is 7.61. The maximum atomic E-state index is 5.89. The molecule has 1 saturated heterocycles. The summed E-state index contributed by atoms with van der Waals surface area (Å²) in [5, 5.41) is 0. The lowest BCUT2D eigenvalue weighted by Crippen LogP contribution is -2.41. The van der Waals surface area contributed by atoms with E-state index in [0.29, 0.717) is 12.6 Å². The second-order valence-electron chi connectivity index (χ2n) is 3.67. The molecular weight excluding hydrogens is 356 g/mol. The van der Waals surface area contributed by atoms with Crippen molar-refractivity contribution in [3.05, 3.63) is 19.2 Å². The number of halogens is 2. The Morgan fingerprint density at radius 3 is 2.62 bits per heavy atom. The van der Waals surface area contributed by atoms with Gasteiger partial charge >= 0.3 is 0 Å². The zero-order valence-corrected chi connectivity index (χ0v) is 12.8. The number of morpholine rings is 1. The van der Waals surface area contributed by atoms with E-state index in [-0.39, 0.29) is 0 Å². The average Bonchev–Trinajstić information content (AvgIpc) is 2.61. The van der Waals surface area contributed by atoms with Gasteiger partial charge in [0.25, 0.3) is 0 Å². The minimum absolute atomic E-state index is 0.316. The fraction of sp³-hybridized carbons (Fsp3) is 0.600. The molecule has 0 bridgehead atoms. The van der Waals surface area contributed by atoms with Gasteiger partial charge in [-0.1, -0.05) is 0 Å². The van der Waals surface area contributed by atoms with Gasteiger partial charge in [0.1, 0.15) is 0 Å². The zero-order valence-electron chi connectivity index (χ0n) is 8.79. The van der Waals surface area contributed by atoms with Crippen molar-refractivity contribution in [2.24, 2.45) is 5.73 Å². The van der Waals surface area contributed by atoms with Crippen molar-refractivity contribution in [2.75, 3.05) is 32.8 Å². The molecule has 3 nitrogen and oxygen atoms in total. The van der Waals surface area contributed by atoms with Crippen LogP contribution in [0.4, 0.5) is 0 Å². The highest BCUT2D eigenvalue weighted by Gasteiger charge is 2.23. The van der Waals surface area contributed by atoms with Gasteiger partial charge in [-0.3, -0.25) is 4.90 Å². The molecule has 1 fully saturated rings. The van der Waals surface area contributed by atoms with Crippen molar-refractivity contribution in [1.82, 2.24) is 4.90 Å². The molecule has 0 spiro atoms. The smallest absolute Gasteiger partial charge is 0.0843 e. The summed E-state index contributed by atoms with van der Waals surface area (Å²) in [6.07, 6.45) is 0. The predicted octanol–water partition coefficient (Wildman–Crippen LogP) is 2.61. The summed E-state index contributed by atoms with van der Waals surface area (Å²) >= 11 is 8.79. The highest BCUT2D eigenvalue weighted by atomic mass is 79.9. The highest BCUT2D eigenvalue weighted by molar-refractivity contribution is 9.13. The van der Waals surface area contributed by atoms with Crippen LogP contribution in [0.1, 0.15) is 10.9 Å². The number of rotatable bonds is 3. The van der Waals surface area contributed by atoms with Crippen LogP contribution in [0.15, 0.2) is 14.3 Å². The van der Waals surface area contributed by atoms with Crippen LogP contribution in [-0.2, 0) is 4.74 Å². The fourth-order valence-corrected chi connectivity index (χ4v) is 4.10. The van der Waals surface area contributed by atoms with Crippen molar-refractivity contribution < 1.29 is 4.74 Å². The maximum absolute atomic E-state index is 5.89. The van der Waals surface area contributed by atoms with E-state index in [1.165, 1.54) is 4.88 Å². The van der Waals surface area contributed by atoms with E-state index < -0.39 is 0 Å². The van der Waals surface area contributed by atoms with Gasteiger partial charge in [0, 0.05) is 29.0 Å². The average molecular weight is 370 g/mol. The molecule has 1 aliphatic rings. The molecule has 90 valence electrons. The van der Waals surface area contributed by atoms with E-state index in [2.05, 4.69) is 42.8 Å². The lowest BCUT2D eigenvalue weighted by molar-refractivity contribution is 0.0186. The van der Waals surface area contributed by atoms with Gasteiger partial charge in [0.15, 0.2) is 0 Å². The van der Waals surface area contributed by atoms with Crippen LogP contribution in [-0.4, -0.2) is 37.7 Å². The minimum atomic E-state index is 0.316. The molecule has 2 rings (SSSR count). The van der Waals surface area contributed by atoms with Crippen LogP contribution in [0, 0.1) is 0 Å². The topological polar surface area (TPSA) is 38.5 Å². The molecule has 1 aromatic rings. The molecule has 1 unspecified atom stereocenters. The standard InChI is InChI=1S/C10H14Br2N2OS/c11-7-5-9(16-10(7)12)8(6-13)14-1-3-15-4-2-14/h5,8H,1-4,6,13H2. The first kappa shape index (κ1) is 13.0. The maximum Gasteiger partial charge on any atom is 0.0843 e. The van der Waals surface area contributed by atoms with Crippen LogP contribution in [0.5, 0.6) is 0 Å². The molecule has 1 aromatic heterocycles. The number of ether oxygens (including phenoxy) is 1. The second-order valence-corrected chi connectivity index (χ2v) is 6.93. The first-order valence-corrected chi connectivity index (χ1v) is 7.59. The Morgan fingerprint density at radius 2 is 2.12 bits per heavy atom. The number of hydrogen-bond donors (Lipinski definition) is 1. The lowest BCUT2D eigenvalue weighted by Gasteiger charge is -2.33. The normalized spacial score (nSPS) is 19.9. The summed E-state index contributed by atoms with van der Waals surface area (Å²) in [5.74, 6) is 0. The molecule has 2 heterocycles. The Bertz CT molecular complexity index is 333. The van der Waals surface area contributed by atoms with Crippen LogP contribution in [0.3, 0.4) is 0 Å². The lowest BCUT2D eigenvalue weighted by atomic mass is 10.2. The third-order valence-corrected chi connectivity index (χ3v) is 6.06. The van der Waals surface area contributed by atoms with E-state index in [9.17, 15) is 0 Å². The molecule has 16 heavy (non-hydrogen) atoms. The Kier molecular flexibility index (Phi) is 4.81. The summed E-state index contributed by atoms with van der Waals surface area (Å²) in [7, 11) is 0. The molecule has 0 saturated carbocycles. The van der Waals surface area contributed by atoms with Crippen LogP contribution >= 0.6 is 43.2 Å². The SMILES string of the molecule is NCC(c1cc(Br)c(Br)s1)N1CCOCC1. The third-order valence-electron chi connectivity index (χ3n) is 2.70. The Morgan fingerprint density at radius 1 is 1.44 bits per heavy atom. The predicted molar refractivity (Wildman–Crippen MR) is 73.9 cm³/mol. The van der Waals surface area contributed by atoms with Gasteiger partial charge in [-0.15, -0.1) is 11.3 Å².